The molecule has 2 aromatic heterocycles. The van der Waals surface area contributed by atoms with Crippen LogP contribution in [0.3, 0.4) is 0 Å². The van der Waals surface area contributed by atoms with Gasteiger partial charge in [0.2, 0.25) is 11.7 Å². The maximum absolute atomic E-state index is 12.7. The van der Waals surface area contributed by atoms with Gasteiger partial charge < -0.3 is 20.1 Å². The number of hydrogen-bond acceptors (Lipinski definition) is 8. The summed E-state index contributed by atoms with van der Waals surface area (Å²) < 4.78 is 12.2. The van der Waals surface area contributed by atoms with Gasteiger partial charge in [-0.3, -0.25) is 14.9 Å². The third-order valence-electron chi connectivity index (χ3n) is 6.92. The predicted octanol–water partition coefficient (Wildman–Crippen LogP) is 4.97. The number of hydrogen-bond donors (Lipinski definition) is 2. The average molecular weight is 537 g/mol. The lowest BCUT2D eigenvalue weighted by atomic mass is 9.92. The van der Waals surface area contributed by atoms with Crippen molar-refractivity contribution < 1.29 is 19.2 Å². The first-order valence-corrected chi connectivity index (χ1v) is 13.6. The first kappa shape index (κ1) is 26.8. The Hall–Kier alpha value is -2.27. The zero-order chi connectivity index (χ0) is 26.0. The second kappa shape index (κ2) is 11.0. The Bertz CT molecular complexity index is 1110. The number of carbonyl (C=O) groups excluding carboxylic acids is 1. The van der Waals surface area contributed by atoms with Crippen LogP contribution in [0, 0.1) is 22.0 Å². The van der Waals surface area contributed by atoms with Gasteiger partial charge in [0.25, 0.3) is 0 Å². The smallest absolute Gasteiger partial charge is 0.314 e. The van der Waals surface area contributed by atoms with Crippen molar-refractivity contribution in [2.75, 3.05) is 11.9 Å². The maximum atomic E-state index is 12.7. The van der Waals surface area contributed by atoms with E-state index in [1.807, 2.05) is 32.2 Å². The van der Waals surface area contributed by atoms with Gasteiger partial charge >= 0.3 is 5.69 Å². The molecule has 9 nitrogen and oxygen atoms in total. The van der Waals surface area contributed by atoms with E-state index >= 15 is 0 Å². The van der Waals surface area contributed by atoms with Crippen LogP contribution in [-0.4, -0.2) is 46.4 Å². The van der Waals surface area contributed by atoms with Crippen molar-refractivity contribution in [1.82, 2.24) is 10.3 Å². The fourth-order valence-electron chi connectivity index (χ4n) is 5.23. The summed E-state index contributed by atoms with van der Waals surface area (Å²) in [4.78, 5) is 30.0. The Balaban J connectivity index is 1.58. The van der Waals surface area contributed by atoms with Crippen LogP contribution in [0.1, 0.15) is 51.0 Å². The molecule has 5 unspecified atom stereocenters. The van der Waals surface area contributed by atoms with Gasteiger partial charge in [-0.2, -0.15) is 0 Å². The number of rotatable bonds is 10. The van der Waals surface area contributed by atoms with Crippen molar-refractivity contribution >= 4 is 40.4 Å². The summed E-state index contributed by atoms with van der Waals surface area (Å²) in [5.41, 5.74) is 0.584. The fourth-order valence-corrected chi connectivity index (χ4v) is 6.46. The lowest BCUT2D eigenvalue weighted by Crippen LogP contribution is -2.37. The number of anilines is 1. The highest BCUT2D eigenvalue weighted by Gasteiger charge is 2.56. The molecule has 1 aliphatic carbocycles. The number of aromatic nitrogens is 1. The Kier molecular flexibility index (Phi) is 8.18. The molecule has 2 aliphatic rings. The van der Waals surface area contributed by atoms with Crippen LogP contribution in [0.15, 0.2) is 23.7 Å². The molecule has 11 heteroatoms. The number of ether oxygens (including phenoxy) is 2. The summed E-state index contributed by atoms with van der Waals surface area (Å²) in [6.07, 6.45) is 3.30. The normalized spacial score (nSPS) is 25.4. The zero-order valence-electron chi connectivity index (χ0n) is 21.0. The summed E-state index contributed by atoms with van der Waals surface area (Å²) in [6, 6.07) is 3.23. The molecule has 1 saturated heterocycles. The molecule has 3 heterocycles. The van der Waals surface area contributed by atoms with E-state index < -0.39 is 23.9 Å². The molecular formula is C25H33ClN4O5S. The molecule has 4 rings (SSSR count). The van der Waals surface area contributed by atoms with E-state index in [1.54, 1.807) is 23.6 Å². The first-order valence-electron chi connectivity index (χ1n) is 12.4. The Morgan fingerprint density at radius 2 is 2.06 bits per heavy atom. The van der Waals surface area contributed by atoms with Crippen LogP contribution < -0.4 is 10.6 Å². The third-order valence-corrected chi connectivity index (χ3v) is 8.33. The summed E-state index contributed by atoms with van der Waals surface area (Å²) in [6.45, 7) is 8.08. The van der Waals surface area contributed by atoms with Crippen LogP contribution in [0.4, 0.5) is 11.5 Å². The highest BCUT2D eigenvalue weighted by molar-refractivity contribution is 7.10. The van der Waals surface area contributed by atoms with E-state index in [-0.39, 0.29) is 34.3 Å². The SMILES string of the molecule is CCNC(=O)C1CC(Nc2nccc(CC(CC)Cc3sccc3Cl)c2[N+](=O)[O-])C2OC(C)(C)OC12. The minimum atomic E-state index is -0.848. The van der Waals surface area contributed by atoms with Crippen LogP contribution in [0.5, 0.6) is 0 Å². The molecule has 0 radical (unpaired) electrons. The van der Waals surface area contributed by atoms with E-state index in [9.17, 15) is 14.9 Å². The molecule has 0 spiro atoms. The van der Waals surface area contributed by atoms with Crippen molar-refractivity contribution in [1.29, 1.82) is 0 Å². The van der Waals surface area contributed by atoms with Crippen molar-refractivity contribution in [3.63, 3.8) is 0 Å². The van der Waals surface area contributed by atoms with Gasteiger partial charge in [-0.15, -0.1) is 11.3 Å². The van der Waals surface area contributed by atoms with E-state index in [0.717, 1.165) is 22.7 Å². The number of pyridine rings is 1. The second-order valence-electron chi connectivity index (χ2n) is 9.85. The molecule has 1 aliphatic heterocycles. The van der Waals surface area contributed by atoms with Crippen molar-refractivity contribution in [3.8, 4) is 0 Å². The molecule has 1 amide bonds. The number of nitrogens with zero attached hydrogens (tertiary/aromatic N) is 2. The molecule has 196 valence electrons. The summed E-state index contributed by atoms with van der Waals surface area (Å²) >= 11 is 7.90. The van der Waals surface area contributed by atoms with Gasteiger partial charge in [-0.25, -0.2) is 4.98 Å². The first-order chi connectivity index (χ1) is 17.1. The number of nitro groups is 1. The molecule has 2 fully saturated rings. The zero-order valence-corrected chi connectivity index (χ0v) is 22.5. The molecule has 2 N–H and O–H groups in total. The number of fused-ring (bicyclic) bond motifs is 1. The Morgan fingerprint density at radius 3 is 2.69 bits per heavy atom. The number of halogens is 1. The van der Waals surface area contributed by atoms with Gasteiger partial charge in [-0.1, -0.05) is 24.9 Å². The minimum Gasteiger partial charge on any atom is -0.359 e. The number of amides is 1. The van der Waals surface area contributed by atoms with E-state index in [1.165, 1.54) is 0 Å². The lowest BCUT2D eigenvalue weighted by Gasteiger charge is -2.24. The molecule has 0 bridgehead atoms. The Morgan fingerprint density at radius 1 is 1.31 bits per heavy atom. The number of thiophene rings is 1. The van der Waals surface area contributed by atoms with Crippen molar-refractivity contribution in [2.45, 2.75) is 77.4 Å². The highest BCUT2D eigenvalue weighted by Crippen LogP contribution is 2.43. The summed E-state index contributed by atoms with van der Waals surface area (Å²) in [5, 5.41) is 21.1. The number of carbonyl (C=O) groups is 1. The summed E-state index contributed by atoms with van der Waals surface area (Å²) in [7, 11) is 0. The molecule has 36 heavy (non-hydrogen) atoms. The standard InChI is InChI=1S/C25H33ClN4O5S/c1-5-14(12-19-17(26)8-10-36-19)11-15-7-9-28-23(20(15)30(32)33)29-18-13-16(24(31)27-6-2)21-22(18)35-25(3,4)34-21/h7-10,14,16,18,21-22H,5-6,11-13H2,1-4H3,(H,27,31)(H,28,29). The van der Waals surface area contributed by atoms with E-state index in [4.69, 9.17) is 21.1 Å². The molecule has 5 atom stereocenters. The molecular weight excluding hydrogens is 504 g/mol. The van der Waals surface area contributed by atoms with Gasteiger partial charge in [-0.05, 0) is 63.5 Å². The van der Waals surface area contributed by atoms with E-state index in [0.29, 0.717) is 24.9 Å². The van der Waals surface area contributed by atoms with Crippen LogP contribution in [-0.2, 0) is 27.1 Å². The van der Waals surface area contributed by atoms with Gasteiger partial charge in [0.15, 0.2) is 5.79 Å². The quantitative estimate of drug-likeness (QED) is 0.325. The fraction of sp³-hybridized carbons (Fsp3) is 0.600. The topological polar surface area (TPSA) is 116 Å². The predicted molar refractivity (Wildman–Crippen MR) is 139 cm³/mol. The van der Waals surface area contributed by atoms with Crippen LogP contribution in [0.25, 0.3) is 0 Å². The Labute approximate surface area is 220 Å². The third kappa shape index (κ3) is 5.66. The second-order valence-corrected chi connectivity index (χ2v) is 11.3. The molecule has 1 saturated carbocycles. The van der Waals surface area contributed by atoms with Gasteiger partial charge in [0, 0.05) is 23.2 Å². The van der Waals surface area contributed by atoms with Crippen molar-refractivity contribution in [3.05, 3.63) is 49.3 Å². The lowest BCUT2D eigenvalue weighted by molar-refractivity contribution is -0.385. The van der Waals surface area contributed by atoms with Crippen LogP contribution in [0.2, 0.25) is 5.02 Å². The van der Waals surface area contributed by atoms with Gasteiger partial charge in [0.1, 0.15) is 12.2 Å². The molecule has 0 aromatic carbocycles. The maximum Gasteiger partial charge on any atom is 0.314 e. The van der Waals surface area contributed by atoms with E-state index in [2.05, 4.69) is 22.5 Å². The largest absolute Gasteiger partial charge is 0.359 e. The average Bonchev–Trinajstić information content (AvgIpc) is 3.46. The van der Waals surface area contributed by atoms with Gasteiger partial charge in [0.05, 0.1) is 21.9 Å². The molecule has 2 aromatic rings. The monoisotopic (exact) mass is 536 g/mol. The summed E-state index contributed by atoms with van der Waals surface area (Å²) in [5.74, 6) is -0.988. The van der Waals surface area contributed by atoms with Crippen molar-refractivity contribution in [2.24, 2.45) is 11.8 Å². The van der Waals surface area contributed by atoms with Crippen LogP contribution >= 0.6 is 22.9 Å². The number of nitrogens with one attached hydrogen (secondary N) is 2. The highest BCUT2D eigenvalue weighted by atomic mass is 35.5. The minimum absolute atomic E-state index is 0.0376.